The number of ether oxygens (including phenoxy) is 4. The minimum Gasteiger partial charge on any atom is -0.444 e. The fraction of sp³-hybridized carbons (Fsp3) is 0.364. The molecule has 0 aliphatic heterocycles. The van der Waals surface area contributed by atoms with Crippen molar-refractivity contribution in [3.8, 4) is 0 Å². The van der Waals surface area contributed by atoms with Crippen LogP contribution >= 0.6 is 0 Å². The highest BCUT2D eigenvalue weighted by molar-refractivity contribution is 5.68. The van der Waals surface area contributed by atoms with Crippen molar-refractivity contribution in [1.29, 1.82) is 0 Å². The number of nitrogens with one attached hydrogen (secondary N) is 1. The highest BCUT2D eigenvalue weighted by Gasteiger charge is 2.33. The maximum Gasteiger partial charge on any atom is 0.407 e. The number of amides is 1. The summed E-state index contributed by atoms with van der Waals surface area (Å²) < 4.78 is 23.8. The first-order valence-corrected chi connectivity index (χ1v) is 13.5. The van der Waals surface area contributed by atoms with Gasteiger partial charge in [-0.3, -0.25) is 0 Å². The molecule has 0 radical (unpaired) electrons. The molecule has 214 valence electrons. The number of alkyl carbamates (subject to hydrolysis) is 1. The first-order valence-electron chi connectivity index (χ1n) is 13.5. The lowest BCUT2D eigenvalue weighted by molar-refractivity contribution is -0.137. The molecule has 0 saturated heterocycles. The van der Waals surface area contributed by atoms with Gasteiger partial charge in [0, 0.05) is 6.54 Å². The summed E-state index contributed by atoms with van der Waals surface area (Å²) in [4.78, 5) is 12.3. The van der Waals surface area contributed by atoms with Gasteiger partial charge in [-0.15, -0.1) is 0 Å². The molecular weight excluding hydrogens is 506 g/mol. The Hall–Kier alpha value is -3.49. The molecule has 0 spiro atoms. The molecule has 1 amide bonds. The lowest BCUT2D eigenvalue weighted by Crippen LogP contribution is -2.46. The van der Waals surface area contributed by atoms with Crippen LogP contribution in [-0.2, 0) is 38.8 Å². The van der Waals surface area contributed by atoms with Crippen LogP contribution < -0.4 is 5.32 Å². The molecule has 7 nitrogen and oxygen atoms in total. The Morgan fingerprint density at radius 1 is 0.800 bits per heavy atom. The van der Waals surface area contributed by atoms with Crippen LogP contribution in [-0.4, -0.2) is 48.3 Å². The van der Waals surface area contributed by atoms with Crippen LogP contribution in [0, 0.1) is 0 Å². The van der Waals surface area contributed by atoms with E-state index in [0.717, 1.165) is 16.7 Å². The SMILES string of the molecule is C=C(CNC(=O)OC(C)(C)C)[C@@H](OCc1ccccc1)[C@H](OCc1ccccc1)[C@H](O)COCc1ccccc1. The van der Waals surface area contributed by atoms with E-state index in [2.05, 4.69) is 11.9 Å². The second-order valence-electron chi connectivity index (χ2n) is 10.6. The van der Waals surface area contributed by atoms with Crippen LogP contribution in [0.25, 0.3) is 0 Å². The van der Waals surface area contributed by atoms with E-state index in [1.165, 1.54) is 0 Å². The van der Waals surface area contributed by atoms with Gasteiger partial charge >= 0.3 is 6.09 Å². The van der Waals surface area contributed by atoms with Crippen LogP contribution in [0.2, 0.25) is 0 Å². The highest BCUT2D eigenvalue weighted by Crippen LogP contribution is 2.21. The van der Waals surface area contributed by atoms with Gasteiger partial charge in [-0.2, -0.15) is 0 Å². The molecule has 0 aliphatic carbocycles. The van der Waals surface area contributed by atoms with E-state index in [1.54, 1.807) is 20.8 Å². The topological polar surface area (TPSA) is 86.3 Å². The number of carbonyl (C=O) groups excluding carboxylic acids is 1. The molecular formula is C33H41NO6. The quantitative estimate of drug-likeness (QED) is 0.233. The molecule has 3 aromatic rings. The highest BCUT2D eigenvalue weighted by atomic mass is 16.6. The molecule has 40 heavy (non-hydrogen) atoms. The normalized spacial score (nSPS) is 13.7. The van der Waals surface area contributed by atoms with Crippen molar-refractivity contribution in [3.63, 3.8) is 0 Å². The lowest BCUT2D eigenvalue weighted by Gasteiger charge is -2.32. The van der Waals surface area contributed by atoms with Gasteiger partial charge in [0.2, 0.25) is 0 Å². The number of aliphatic hydroxyl groups excluding tert-OH is 1. The Kier molecular flexibility index (Phi) is 12.4. The number of carbonyl (C=O) groups is 1. The van der Waals surface area contributed by atoms with Crippen LogP contribution in [0.4, 0.5) is 4.79 Å². The summed E-state index contributed by atoms with van der Waals surface area (Å²) in [6.45, 7) is 10.5. The zero-order chi connectivity index (χ0) is 28.8. The fourth-order valence-corrected chi connectivity index (χ4v) is 3.94. The predicted octanol–water partition coefficient (Wildman–Crippen LogP) is 5.82. The van der Waals surface area contributed by atoms with Gasteiger partial charge in [-0.1, -0.05) is 97.6 Å². The van der Waals surface area contributed by atoms with Crippen LogP contribution in [0.5, 0.6) is 0 Å². The summed E-state index contributed by atoms with van der Waals surface area (Å²) in [5.74, 6) is 0. The fourth-order valence-electron chi connectivity index (χ4n) is 3.94. The second-order valence-corrected chi connectivity index (χ2v) is 10.6. The van der Waals surface area contributed by atoms with Gasteiger partial charge in [-0.25, -0.2) is 4.79 Å². The van der Waals surface area contributed by atoms with Gasteiger partial charge in [0.15, 0.2) is 0 Å². The number of benzene rings is 3. The summed E-state index contributed by atoms with van der Waals surface area (Å²) in [5, 5.41) is 14.1. The first-order chi connectivity index (χ1) is 19.2. The van der Waals surface area contributed by atoms with Gasteiger partial charge in [-0.05, 0) is 43.0 Å². The van der Waals surface area contributed by atoms with Gasteiger partial charge in [0.1, 0.15) is 23.9 Å². The van der Waals surface area contributed by atoms with Crippen molar-refractivity contribution in [3.05, 3.63) is 120 Å². The maximum absolute atomic E-state index is 12.3. The monoisotopic (exact) mass is 547 g/mol. The summed E-state index contributed by atoms with van der Waals surface area (Å²) in [6.07, 6.45) is -3.18. The molecule has 0 aliphatic rings. The molecule has 0 bridgehead atoms. The third-order valence-corrected chi connectivity index (χ3v) is 5.90. The van der Waals surface area contributed by atoms with E-state index >= 15 is 0 Å². The summed E-state index contributed by atoms with van der Waals surface area (Å²) in [5.41, 5.74) is 2.80. The number of hydrogen-bond donors (Lipinski definition) is 2. The Bertz CT molecular complexity index is 1150. The Morgan fingerprint density at radius 2 is 1.27 bits per heavy atom. The van der Waals surface area contributed by atoms with Crippen molar-refractivity contribution in [2.75, 3.05) is 13.2 Å². The third kappa shape index (κ3) is 11.3. The largest absolute Gasteiger partial charge is 0.444 e. The smallest absolute Gasteiger partial charge is 0.407 e. The average molecular weight is 548 g/mol. The van der Waals surface area contributed by atoms with E-state index < -0.39 is 30.0 Å². The van der Waals surface area contributed by atoms with E-state index in [0.29, 0.717) is 12.2 Å². The molecule has 7 heteroatoms. The van der Waals surface area contributed by atoms with Gasteiger partial charge in [0.05, 0.1) is 26.4 Å². The third-order valence-electron chi connectivity index (χ3n) is 5.90. The summed E-state index contributed by atoms with van der Waals surface area (Å²) >= 11 is 0. The van der Waals surface area contributed by atoms with Crippen molar-refractivity contribution >= 4 is 6.09 Å². The molecule has 0 aromatic heterocycles. The number of rotatable bonds is 15. The summed E-state index contributed by atoms with van der Waals surface area (Å²) in [6, 6.07) is 29.2. The van der Waals surface area contributed by atoms with E-state index in [4.69, 9.17) is 18.9 Å². The zero-order valence-electron chi connectivity index (χ0n) is 23.6. The molecule has 0 fully saturated rings. The van der Waals surface area contributed by atoms with Crippen molar-refractivity contribution in [2.45, 2.75) is 64.5 Å². The van der Waals surface area contributed by atoms with E-state index in [-0.39, 0.29) is 26.4 Å². The van der Waals surface area contributed by atoms with Gasteiger partial charge in [0.25, 0.3) is 0 Å². The van der Waals surface area contributed by atoms with Crippen LogP contribution in [0.15, 0.2) is 103 Å². The van der Waals surface area contributed by atoms with Crippen molar-refractivity contribution in [1.82, 2.24) is 5.32 Å². The molecule has 3 atom stereocenters. The van der Waals surface area contributed by atoms with E-state index in [9.17, 15) is 9.90 Å². The molecule has 0 unspecified atom stereocenters. The van der Waals surface area contributed by atoms with Crippen molar-refractivity contribution in [2.24, 2.45) is 0 Å². The average Bonchev–Trinajstić information content (AvgIpc) is 2.94. The predicted molar refractivity (Wildman–Crippen MR) is 156 cm³/mol. The van der Waals surface area contributed by atoms with Gasteiger partial charge < -0.3 is 29.4 Å². The zero-order valence-corrected chi connectivity index (χ0v) is 23.6. The van der Waals surface area contributed by atoms with Crippen molar-refractivity contribution < 1.29 is 28.8 Å². The molecule has 2 N–H and O–H groups in total. The Balaban J connectivity index is 1.76. The number of hydrogen-bond acceptors (Lipinski definition) is 6. The van der Waals surface area contributed by atoms with Crippen LogP contribution in [0.3, 0.4) is 0 Å². The van der Waals surface area contributed by atoms with E-state index in [1.807, 2.05) is 91.0 Å². The first kappa shape index (κ1) is 31.0. The minimum absolute atomic E-state index is 0.0202. The maximum atomic E-state index is 12.3. The molecule has 0 saturated carbocycles. The standard InChI is InChI=1S/C33H41NO6/c1-25(20-34-32(36)40-33(2,3)4)30(38-22-27-16-10-6-11-17-27)31(39-23-28-18-12-7-13-19-28)29(35)24-37-21-26-14-8-5-9-15-26/h5-19,29-31,35H,1,20-24H2,2-4H3,(H,34,36)/t29-,30-,31-/m1/s1. The molecule has 3 aromatic carbocycles. The molecule has 0 heterocycles. The minimum atomic E-state index is -1.04. The van der Waals surface area contributed by atoms with Crippen LogP contribution in [0.1, 0.15) is 37.5 Å². The second kappa shape index (κ2) is 15.9. The molecule has 3 rings (SSSR count). The summed E-state index contributed by atoms with van der Waals surface area (Å²) in [7, 11) is 0. The lowest BCUT2D eigenvalue weighted by atomic mass is 10.0. The Labute approximate surface area is 237 Å². The Morgan fingerprint density at radius 3 is 1.77 bits per heavy atom. The number of aliphatic hydroxyl groups is 1.